The number of aryl methyl sites for hydroxylation is 2. The Morgan fingerprint density at radius 1 is 0.970 bits per heavy atom. The highest BCUT2D eigenvalue weighted by atomic mass is 35.5. The predicted molar refractivity (Wildman–Crippen MR) is 136 cm³/mol. The van der Waals surface area contributed by atoms with E-state index in [4.69, 9.17) is 23.2 Å². The van der Waals surface area contributed by atoms with Crippen LogP contribution < -0.4 is 10.0 Å². The molecule has 0 saturated carbocycles. The number of sulfonamides is 1. The Bertz CT molecular complexity index is 1390. The summed E-state index contributed by atoms with van der Waals surface area (Å²) in [6.45, 7) is 3.89. The van der Waals surface area contributed by atoms with Crippen molar-refractivity contribution in [2.24, 2.45) is 5.92 Å². The van der Waals surface area contributed by atoms with Crippen LogP contribution in [0.25, 0.3) is 0 Å². The molecule has 0 saturated heterocycles. The van der Waals surface area contributed by atoms with Gasteiger partial charge >= 0.3 is 0 Å². The van der Waals surface area contributed by atoms with Crippen LogP contribution in [0, 0.1) is 19.8 Å². The van der Waals surface area contributed by atoms with Crippen molar-refractivity contribution in [3.8, 4) is 0 Å². The molecule has 0 aromatic heterocycles. The van der Waals surface area contributed by atoms with E-state index in [0.29, 0.717) is 15.7 Å². The minimum absolute atomic E-state index is 0.0584. The third-order valence-electron chi connectivity index (χ3n) is 6.57. The van der Waals surface area contributed by atoms with Gasteiger partial charge in [0.15, 0.2) is 0 Å². The highest BCUT2D eigenvalue weighted by Crippen LogP contribution is 2.50. The maximum atomic E-state index is 13.2. The number of benzene rings is 3. The van der Waals surface area contributed by atoms with Crippen molar-refractivity contribution in [3.05, 3.63) is 99.0 Å². The van der Waals surface area contributed by atoms with E-state index in [2.05, 4.69) is 22.2 Å². The summed E-state index contributed by atoms with van der Waals surface area (Å²) in [6, 6.07) is 16.8. The maximum Gasteiger partial charge on any atom is 0.261 e. The van der Waals surface area contributed by atoms with Gasteiger partial charge in [0.05, 0.1) is 26.7 Å². The molecule has 170 valence electrons. The molecular weight excluding hydrogens is 475 g/mol. The van der Waals surface area contributed by atoms with Gasteiger partial charge in [0.25, 0.3) is 10.0 Å². The fourth-order valence-electron chi connectivity index (χ4n) is 4.91. The predicted octanol–water partition coefficient (Wildman–Crippen LogP) is 7.24. The van der Waals surface area contributed by atoms with E-state index in [9.17, 15) is 8.42 Å². The van der Waals surface area contributed by atoms with E-state index >= 15 is 0 Å². The summed E-state index contributed by atoms with van der Waals surface area (Å²) >= 11 is 12.4. The van der Waals surface area contributed by atoms with Crippen LogP contribution in [0.2, 0.25) is 10.0 Å². The van der Waals surface area contributed by atoms with Gasteiger partial charge in [-0.1, -0.05) is 59.1 Å². The Hall–Kier alpha value is -2.47. The van der Waals surface area contributed by atoms with Crippen LogP contribution in [0.5, 0.6) is 0 Å². The standard InChI is InChI=1S/C26H24Cl2N2O2S/c1-15-6-10-24(16(2)12-15)30-33(31,32)18-8-11-25-21(14-18)19-4-3-5-20(19)26(29-25)17-7-9-22(27)23(28)13-17/h3-4,6-14,19-20,26,29-30H,5H2,1-2H3/t19-,20-,26+/m1/s1. The molecule has 7 heteroatoms. The Morgan fingerprint density at radius 2 is 1.79 bits per heavy atom. The third kappa shape index (κ3) is 4.14. The van der Waals surface area contributed by atoms with E-state index in [1.54, 1.807) is 18.2 Å². The number of nitrogens with one attached hydrogen (secondary N) is 2. The number of fused-ring (bicyclic) bond motifs is 3. The first-order valence-corrected chi connectivity index (χ1v) is 13.1. The average molecular weight is 499 g/mol. The zero-order chi connectivity index (χ0) is 23.3. The molecule has 5 rings (SSSR count). The number of halogens is 2. The molecule has 3 aromatic rings. The van der Waals surface area contributed by atoms with Gasteiger partial charge in [0.1, 0.15) is 0 Å². The minimum Gasteiger partial charge on any atom is -0.378 e. The summed E-state index contributed by atoms with van der Waals surface area (Å²) in [5, 5.41) is 4.68. The molecule has 0 amide bonds. The summed E-state index contributed by atoms with van der Waals surface area (Å²) < 4.78 is 29.1. The zero-order valence-electron chi connectivity index (χ0n) is 18.3. The van der Waals surface area contributed by atoms with E-state index in [1.165, 1.54) is 0 Å². The molecule has 33 heavy (non-hydrogen) atoms. The lowest BCUT2D eigenvalue weighted by Gasteiger charge is -2.37. The van der Waals surface area contributed by atoms with Gasteiger partial charge in [-0.3, -0.25) is 4.72 Å². The monoisotopic (exact) mass is 498 g/mol. The lowest BCUT2D eigenvalue weighted by atomic mass is 9.77. The number of anilines is 2. The highest BCUT2D eigenvalue weighted by Gasteiger charge is 2.38. The fraction of sp³-hybridized carbons (Fsp3) is 0.231. The van der Waals surface area contributed by atoms with Crippen molar-refractivity contribution in [3.63, 3.8) is 0 Å². The first kappa shape index (κ1) is 22.3. The van der Waals surface area contributed by atoms with Gasteiger partial charge < -0.3 is 5.32 Å². The van der Waals surface area contributed by atoms with Crippen molar-refractivity contribution in [1.82, 2.24) is 0 Å². The number of rotatable bonds is 4. The van der Waals surface area contributed by atoms with Crippen LogP contribution in [0.1, 0.15) is 40.6 Å². The van der Waals surface area contributed by atoms with Crippen LogP contribution in [-0.4, -0.2) is 8.42 Å². The van der Waals surface area contributed by atoms with Crippen LogP contribution >= 0.6 is 23.2 Å². The topological polar surface area (TPSA) is 58.2 Å². The molecular formula is C26H24Cl2N2O2S. The molecule has 1 aliphatic carbocycles. The van der Waals surface area contributed by atoms with E-state index in [1.807, 2.05) is 50.2 Å². The molecule has 2 aliphatic rings. The number of allylic oxidation sites excluding steroid dienone is 2. The van der Waals surface area contributed by atoms with Gasteiger partial charge in [-0.2, -0.15) is 0 Å². The first-order chi connectivity index (χ1) is 15.7. The fourth-order valence-corrected chi connectivity index (χ4v) is 6.38. The summed E-state index contributed by atoms with van der Waals surface area (Å²) in [5.41, 5.74) is 5.57. The molecule has 0 bridgehead atoms. The molecule has 2 N–H and O–H groups in total. The molecule has 0 radical (unpaired) electrons. The quantitative estimate of drug-likeness (QED) is 0.372. The van der Waals surface area contributed by atoms with Crippen molar-refractivity contribution < 1.29 is 8.42 Å². The van der Waals surface area contributed by atoms with Gasteiger partial charge in [-0.25, -0.2) is 8.42 Å². The Morgan fingerprint density at radius 3 is 2.55 bits per heavy atom. The van der Waals surface area contributed by atoms with Gasteiger partial charge in [0.2, 0.25) is 0 Å². The van der Waals surface area contributed by atoms with Crippen LogP contribution in [0.3, 0.4) is 0 Å². The molecule has 0 fully saturated rings. The molecule has 3 atom stereocenters. The average Bonchev–Trinajstić information content (AvgIpc) is 3.27. The largest absolute Gasteiger partial charge is 0.378 e. The molecule has 1 aliphatic heterocycles. The van der Waals surface area contributed by atoms with Crippen LogP contribution in [0.15, 0.2) is 71.6 Å². The van der Waals surface area contributed by atoms with Gasteiger partial charge in [-0.15, -0.1) is 0 Å². The third-order valence-corrected chi connectivity index (χ3v) is 8.68. The first-order valence-electron chi connectivity index (χ1n) is 10.8. The van der Waals surface area contributed by atoms with Crippen molar-refractivity contribution in [2.75, 3.05) is 10.0 Å². The molecule has 1 heterocycles. The smallest absolute Gasteiger partial charge is 0.261 e. The molecule has 0 spiro atoms. The SMILES string of the molecule is Cc1ccc(NS(=O)(=O)c2ccc3c(c2)[C@@H]2C=CC[C@H]2[C@H](c2ccc(Cl)c(Cl)c2)N3)c(C)c1. The summed E-state index contributed by atoms with van der Waals surface area (Å²) in [6.07, 6.45) is 5.26. The lowest BCUT2D eigenvalue weighted by molar-refractivity contribution is 0.425. The second kappa shape index (κ2) is 8.39. The van der Waals surface area contributed by atoms with Crippen LogP contribution in [-0.2, 0) is 10.0 Å². The Balaban J connectivity index is 1.49. The summed E-state index contributed by atoms with van der Waals surface area (Å²) in [4.78, 5) is 0.259. The van der Waals surface area contributed by atoms with Gasteiger partial charge in [0, 0.05) is 11.6 Å². The van der Waals surface area contributed by atoms with E-state index in [0.717, 1.165) is 34.4 Å². The van der Waals surface area contributed by atoms with E-state index < -0.39 is 10.0 Å². The maximum absolute atomic E-state index is 13.2. The summed E-state index contributed by atoms with van der Waals surface area (Å²) in [7, 11) is -3.72. The molecule has 0 unspecified atom stereocenters. The normalized spacial score (nSPS) is 21.3. The van der Waals surface area contributed by atoms with Crippen molar-refractivity contribution >= 4 is 44.6 Å². The summed E-state index contributed by atoms with van der Waals surface area (Å²) in [5.74, 6) is 0.386. The second-order valence-electron chi connectivity index (χ2n) is 8.82. The number of hydrogen-bond acceptors (Lipinski definition) is 3. The zero-order valence-corrected chi connectivity index (χ0v) is 20.6. The number of hydrogen-bond donors (Lipinski definition) is 2. The van der Waals surface area contributed by atoms with Gasteiger partial charge in [-0.05, 0) is 79.3 Å². The van der Waals surface area contributed by atoms with E-state index in [-0.39, 0.29) is 22.8 Å². The highest BCUT2D eigenvalue weighted by molar-refractivity contribution is 7.92. The van der Waals surface area contributed by atoms with Crippen LogP contribution in [0.4, 0.5) is 11.4 Å². The Kier molecular flexibility index (Phi) is 5.68. The Labute approximate surface area is 204 Å². The van der Waals surface area contributed by atoms with Crippen molar-refractivity contribution in [2.45, 2.75) is 37.1 Å². The minimum atomic E-state index is -3.72. The molecule has 3 aromatic carbocycles. The van der Waals surface area contributed by atoms with Crippen molar-refractivity contribution in [1.29, 1.82) is 0 Å². The lowest BCUT2D eigenvalue weighted by Crippen LogP contribution is -2.29. The molecule has 4 nitrogen and oxygen atoms in total. The second-order valence-corrected chi connectivity index (χ2v) is 11.3.